The first-order chi connectivity index (χ1) is 7.78. The maximum Gasteiger partial charge on any atom is 0.242 e. The SMILES string of the molecule is CC1CCSC(NC(C)C(=O)NC(C)(C)C)=N1. The number of carbonyl (C=O) groups is 1. The van der Waals surface area contributed by atoms with Crippen molar-refractivity contribution in [1.29, 1.82) is 0 Å². The van der Waals surface area contributed by atoms with E-state index in [9.17, 15) is 4.79 Å². The summed E-state index contributed by atoms with van der Waals surface area (Å²) in [5.41, 5.74) is -0.193. The van der Waals surface area contributed by atoms with Crippen LogP contribution in [-0.2, 0) is 4.79 Å². The van der Waals surface area contributed by atoms with Gasteiger partial charge in [-0.25, -0.2) is 0 Å². The predicted molar refractivity (Wildman–Crippen MR) is 74.5 cm³/mol. The summed E-state index contributed by atoms with van der Waals surface area (Å²) in [5.74, 6) is 1.08. The third-order valence-electron chi connectivity index (χ3n) is 2.34. The van der Waals surface area contributed by atoms with Crippen molar-refractivity contribution in [3.8, 4) is 0 Å². The number of hydrogen-bond donors (Lipinski definition) is 2. The van der Waals surface area contributed by atoms with Crippen LogP contribution in [0.4, 0.5) is 0 Å². The molecule has 0 fully saturated rings. The molecule has 2 N–H and O–H groups in total. The maximum absolute atomic E-state index is 11.9. The Kier molecular flexibility index (Phi) is 4.86. The van der Waals surface area contributed by atoms with Crippen LogP contribution in [-0.4, -0.2) is 34.5 Å². The molecule has 1 aliphatic heterocycles. The molecule has 0 bridgehead atoms. The molecule has 1 heterocycles. The lowest BCUT2D eigenvalue weighted by molar-refractivity contribution is -0.123. The fourth-order valence-electron chi connectivity index (χ4n) is 1.44. The van der Waals surface area contributed by atoms with Gasteiger partial charge in [-0.15, -0.1) is 0 Å². The van der Waals surface area contributed by atoms with E-state index in [1.807, 2.05) is 27.7 Å². The quantitative estimate of drug-likeness (QED) is 0.792. The standard InChI is InChI=1S/C12H23N3OS/c1-8-6-7-17-11(13-8)14-9(2)10(16)15-12(3,4)5/h8-9H,6-7H2,1-5H3,(H,13,14)(H,15,16). The fraction of sp³-hybridized carbons (Fsp3) is 0.833. The molecule has 0 aromatic heterocycles. The molecule has 0 saturated heterocycles. The van der Waals surface area contributed by atoms with Gasteiger partial charge in [-0.05, 0) is 41.0 Å². The van der Waals surface area contributed by atoms with Gasteiger partial charge >= 0.3 is 0 Å². The van der Waals surface area contributed by atoms with E-state index < -0.39 is 0 Å². The molecule has 1 rings (SSSR count). The Morgan fingerprint density at radius 2 is 2.18 bits per heavy atom. The molecular formula is C12H23N3OS. The molecule has 5 heteroatoms. The average Bonchev–Trinajstić information content (AvgIpc) is 2.14. The normalized spacial score (nSPS) is 22.6. The average molecular weight is 257 g/mol. The van der Waals surface area contributed by atoms with Gasteiger partial charge in [0.25, 0.3) is 0 Å². The molecule has 1 aliphatic rings. The molecule has 98 valence electrons. The van der Waals surface area contributed by atoms with Crippen LogP contribution in [0, 0.1) is 0 Å². The van der Waals surface area contributed by atoms with Gasteiger partial charge in [-0.3, -0.25) is 9.79 Å². The zero-order valence-electron chi connectivity index (χ0n) is 11.3. The van der Waals surface area contributed by atoms with Crippen molar-refractivity contribution in [2.45, 2.75) is 58.7 Å². The van der Waals surface area contributed by atoms with Gasteiger partial charge in [0.2, 0.25) is 5.91 Å². The first kappa shape index (κ1) is 14.4. The van der Waals surface area contributed by atoms with E-state index in [0.29, 0.717) is 6.04 Å². The van der Waals surface area contributed by atoms with Gasteiger partial charge in [0, 0.05) is 11.3 Å². The summed E-state index contributed by atoms with van der Waals surface area (Å²) in [5, 5.41) is 7.02. The molecule has 0 radical (unpaired) electrons. The minimum absolute atomic E-state index is 0.0130. The molecule has 17 heavy (non-hydrogen) atoms. The van der Waals surface area contributed by atoms with Gasteiger partial charge < -0.3 is 10.6 Å². The number of aliphatic imine (C=N–C) groups is 1. The Hall–Kier alpha value is -0.710. The van der Waals surface area contributed by atoms with Gasteiger partial charge in [-0.2, -0.15) is 0 Å². The summed E-state index contributed by atoms with van der Waals surface area (Å²) < 4.78 is 0. The highest BCUT2D eigenvalue weighted by molar-refractivity contribution is 8.13. The minimum Gasteiger partial charge on any atom is -0.353 e. The summed E-state index contributed by atoms with van der Waals surface area (Å²) in [7, 11) is 0. The Labute approximate surface area is 108 Å². The molecule has 0 aromatic carbocycles. The molecule has 0 aromatic rings. The fourth-order valence-corrected chi connectivity index (χ4v) is 2.60. The molecule has 4 nitrogen and oxygen atoms in total. The summed E-state index contributed by atoms with van der Waals surface area (Å²) in [4.78, 5) is 16.4. The highest BCUT2D eigenvalue weighted by Crippen LogP contribution is 2.16. The van der Waals surface area contributed by atoms with Gasteiger partial charge in [0.15, 0.2) is 5.17 Å². The van der Waals surface area contributed by atoms with Gasteiger partial charge in [0.1, 0.15) is 6.04 Å². The van der Waals surface area contributed by atoms with Crippen molar-refractivity contribution in [1.82, 2.24) is 10.6 Å². The van der Waals surface area contributed by atoms with Crippen molar-refractivity contribution in [2.75, 3.05) is 5.75 Å². The van der Waals surface area contributed by atoms with Crippen molar-refractivity contribution in [3.05, 3.63) is 0 Å². The Morgan fingerprint density at radius 3 is 2.71 bits per heavy atom. The summed E-state index contributed by atoms with van der Waals surface area (Å²) in [6.45, 7) is 9.90. The smallest absolute Gasteiger partial charge is 0.242 e. The van der Waals surface area contributed by atoms with E-state index in [2.05, 4.69) is 22.5 Å². The highest BCUT2D eigenvalue weighted by Gasteiger charge is 2.21. The van der Waals surface area contributed by atoms with Crippen LogP contribution in [0.15, 0.2) is 4.99 Å². The second kappa shape index (κ2) is 5.76. The van der Waals surface area contributed by atoms with Crippen molar-refractivity contribution in [3.63, 3.8) is 0 Å². The molecule has 0 aliphatic carbocycles. The van der Waals surface area contributed by atoms with Crippen molar-refractivity contribution >= 4 is 22.8 Å². The zero-order chi connectivity index (χ0) is 13.1. The van der Waals surface area contributed by atoms with Crippen LogP contribution in [0.5, 0.6) is 0 Å². The third kappa shape index (κ3) is 5.44. The van der Waals surface area contributed by atoms with Crippen molar-refractivity contribution in [2.24, 2.45) is 4.99 Å². The summed E-state index contributed by atoms with van der Waals surface area (Å²) in [6.07, 6.45) is 1.11. The molecule has 0 saturated carbocycles. The van der Waals surface area contributed by atoms with Crippen LogP contribution in [0.3, 0.4) is 0 Å². The topological polar surface area (TPSA) is 53.5 Å². The van der Waals surface area contributed by atoms with Crippen LogP contribution < -0.4 is 10.6 Å². The minimum atomic E-state index is -0.245. The largest absolute Gasteiger partial charge is 0.353 e. The lowest BCUT2D eigenvalue weighted by Crippen LogP contribution is -2.50. The van der Waals surface area contributed by atoms with E-state index in [4.69, 9.17) is 0 Å². The zero-order valence-corrected chi connectivity index (χ0v) is 12.1. The number of amides is 1. The second-order valence-corrected chi connectivity index (χ2v) is 6.61. The van der Waals surface area contributed by atoms with Crippen LogP contribution >= 0.6 is 11.8 Å². The number of nitrogens with one attached hydrogen (secondary N) is 2. The Balaban J connectivity index is 2.48. The summed E-state index contributed by atoms with van der Waals surface area (Å²) >= 11 is 1.69. The first-order valence-corrected chi connectivity index (χ1v) is 7.05. The molecule has 0 spiro atoms. The molecule has 2 atom stereocenters. The van der Waals surface area contributed by atoms with Crippen LogP contribution in [0.25, 0.3) is 0 Å². The van der Waals surface area contributed by atoms with E-state index >= 15 is 0 Å². The van der Waals surface area contributed by atoms with Crippen LogP contribution in [0.1, 0.15) is 41.0 Å². The Bertz CT molecular complexity index is 309. The predicted octanol–water partition coefficient (Wildman–Crippen LogP) is 1.76. The third-order valence-corrected chi connectivity index (χ3v) is 3.28. The second-order valence-electron chi connectivity index (χ2n) is 5.53. The highest BCUT2D eigenvalue weighted by atomic mass is 32.2. The van der Waals surface area contributed by atoms with Crippen LogP contribution in [0.2, 0.25) is 0 Å². The Morgan fingerprint density at radius 1 is 1.53 bits per heavy atom. The maximum atomic E-state index is 11.9. The number of carbonyl (C=O) groups excluding carboxylic acids is 1. The van der Waals surface area contributed by atoms with E-state index in [1.54, 1.807) is 11.8 Å². The van der Waals surface area contributed by atoms with E-state index in [-0.39, 0.29) is 17.5 Å². The first-order valence-electron chi connectivity index (χ1n) is 6.07. The van der Waals surface area contributed by atoms with E-state index in [1.165, 1.54) is 0 Å². The lowest BCUT2D eigenvalue weighted by atomic mass is 10.1. The monoisotopic (exact) mass is 257 g/mol. The number of rotatable bonds is 2. The molecular weight excluding hydrogens is 234 g/mol. The summed E-state index contributed by atoms with van der Waals surface area (Å²) in [6, 6.07) is 0.113. The lowest BCUT2D eigenvalue weighted by Gasteiger charge is -2.25. The number of nitrogens with zero attached hydrogens (tertiary/aromatic N) is 1. The molecule has 1 amide bonds. The molecule has 2 unspecified atom stereocenters. The van der Waals surface area contributed by atoms with Crippen molar-refractivity contribution < 1.29 is 4.79 Å². The van der Waals surface area contributed by atoms with Gasteiger partial charge in [0.05, 0.1) is 6.04 Å². The van der Waals surface area contributed by atoms with E-state index in [0.717, 1.165) is 17.3 Å². The number of amidine groups is 1. The number of hydrogen-bond acceptors (Lipinski definition) is 4. The number of thioether (sulfide) groups is 1. The van der Waals surface area contributed by atoms with Gasteiger partial charge in [-0.1, -0.05) is 11.8 Å².